The number of carboxylic acids is 2. The Hall–Kier alpha value is -2.02. The Kier molecular flexibility index (Phi) is 3.48. The monoisotopic (exact) mass is 281 g/mol. The molecule has 3 N–H and O–H groups in total. The predicted molar refractivity (Wildman–Crippen MR) is 68.2 cm³/mol. The number of hydrogen-bond acceptors (Lipinski definition) is 4. The summed E-state index contributed by atoms with van der Waals surface area (Å²) >= 11 is 0.996. The molecule has 0 bridgehead atoms. The van der Waals surface area contributed by atoms with Gasteiger partial charge >= 0.3 is 11.9 Å². The van der Waals surface area contributed by atoms with Crippen LogP contribution >= 0.6 is 11.8 Å². The number of amides is 1. The number of hydrogen-bond donors (Lipinski definition) is 3. The number of nitrogens with one attached hydrogen (secondary N) is 1. The predicted octanol–water partition coefficient (Wildman–Crippen LogP) is 1.42. The third-order valence-electron chi connectivity index (χ3n) is 2.73. The molecule has 1 aliphatic heterocycles. The zero-order chi connectivity index (χ0) is 14.0. The summed E-state index contributed by atoms with van der Waals surface area (Å²) in [5.74, 6) is -2.99. The number of thioether (sulfide) groups is 1. The van der Waals surface area contributed by atoms with Crippen molar-refractivity contribution in [3.8, 4) is 0 Å². The van der Waals surface area contributed by atoms with Gasteiger partial charge < -0.3 is 15.5 Å². The number of para-hydroxylation sites is 1. The summed E-state index contributed by atoms with van der Waals surface area (Å²) in [5.41, 5.74) is 0.573. The molecule has 0 unspecified atom stereocenters. The van der Waals surface area contributed by atoms with Crippen molar-refractivity contribution in [2.24, 2.45) is 0 Å². The maximum atomic E-state index is 12.1. The van der Waals surface area contributed by atoms with Crippen LogP contribution in [0, 0.1) is 0 Å². The van der Waals surface area contributed by atoms with Gasteiger partial charge in [0.1, 0.15) is 4.75 Å². The molecule has 1 aromatic carbocycles. The van der Waals surface area contributed by atoms with E-state index in [0.29, 0.717) is 10.6 Å². The molecule has 0 aromatic heterocycles. The zero-order valence-corrected chi connectivity index (χ0v) is 10.6. The van der Waals surface area contributed by atoms with Crippen LogP contribution in [0.5, 0.6) is 0 Å². The van der Waals surface area contributed by atoms with E-state index in [0.717, 1.165) is 11.8 Å². The van der Waals surface area contributed by atoms with Crippen LogP contribution in [-0.4, -0.2) is 32.8 Å². The number of carbonyl (C=O) groups is 3. The Morgan fingerprint density at radius 2 is 1.74 bits per heavy atom. The van der Waals surface area contributed by atoms with Gasteiger partial charge in [0.15, 0.2) is 0 Å². The zero-order valence-electron chi connectivity index (χ0n) is 9.75. The van der Waals surface area contributed by atoms with Crippen molar-refractivity contribution < 1.29 is 24.6 Å². The van der Waals surface area contributed by atoms with Crippen LogP contribution in [0.25, 0.3) is 0 Å². The van der Waals surface area contributed by atoms with E-state index in [4.69, 9.17) is 10.2 Å². The van der Waals surface area contributed by atoms with Crippen LogP contribution in [0.4, 0.5) is 5.69 Å². The number of aliphatic carboxylic acids is 2. The van der Waals surface area contributed by atoms with Gasteiger partial charge in [-0.25, -0.2) is 0 Å². The van der Waals surface area contributed by atoms with Crippen LogP contribution in [0.15, 0.2) is 29.2 Å². The number of carbonyl (C=O) groups excluding carboxylic acids is 1. The summed E-state index contributed by atoms with van der Waals surface area (Å²) in [6, 6.07) is 6.89. The van der Waals surface area contributed by atoms with Crippen LogP contribution in [0.2, 0.25) is 0 Å². The Balaban J connectivity index is 2.41. The van der Waals surface area contributed by atoms with Gasteiger partial charge in [0.25, 0.3) is 0 Å². The molecule has 1 heterocycles. The highest BCUT2D eigenvalue weighted by Crippen LogP contribution is 2.46. The number of rotatable bonds is 4. The third-order valence-corrected chi connectivity index (χ3v) is 4.17. The topological polar surface area (TPSA) is 104 Å². The van der Waals surface area contributed by atoms with Gasteiger partial charge in [-0.05, 0) is 12.1 Å². The molecule has 0 atom stereocenters. The second-order valence-corrected chi connectivity index (χ2v) is 5.61. The molecule has 1 amide bonds. The SMILES string of the molecule is O=C(O)CC1(CC(=O)O)Sc2ccccc2NC1=O. The van der Waals surface area contributed by atoms with E-state index < -0.39 is 35.4 Å². The van der Waals surface area contributed by atoms with Gasteiger partial charge in [0.05, 0.1) is 18.5 Å². The summed E-state index contributed by atoms with van der Waals surface area (Å²) in [4.78, 5) is 34.6. The first-order valence-electron chi connectivity index (χ1n) is 5.46. The fourth-order valence-electron chi connectivity index (χ4n) is 1.94. The summed E-state index contributed by atoms with van der Waals surface area (Å²) in [6.45, 7) is 0. The van der Waals surface area contributed by atoms with E-state index in [1.807, 2.05) is 0 Å². The van der Waals surface area contributed by atoms with E-state index in [1.165, 1.54) is 0 Å². The molecule has 0 saturated carbocycles. The fraction of sp³-hybridized carbons (Fsp3) is 0.250. The first-order valence-corrected chi connectivity index (χ1v) is 6.28. The second kappa shape index (κ2) is 4.93. The van der Waals surface area contributed by atoms with Crippen LogP contribution in [0.1, 0.15) is 12.8 Å². The van der Waals surface area contributed by atoms with Crippen molar-refractivity contribution in [3.63, 3.8) is 0 Å². The van der Waals surface area contributed by atoms with Gasteiger partial charge in [0.2, 0.25) is 5.91 Å². The van der Waals surface area contributed by atoms with E-state index in [-0.39, 0.29) is 0 Å². The highest BCUT2D eigenvalue weighted by atomic mass is 32.2. The number of fused-ring (bicyclic) bond motifs is 1. The lowest BCUT2D eigenvalue weighted by molar-refractivity contribution is -0.142. The summed E-state index contributed by atoms with van der Waals surface area (Å²) in [6.07, 6.45) is -1.08. The average molecular weight is 281 g/mol. The van der Waals surface area contributed by atoms with Gasteiger partial charge in [0, 0.05) is 4.90 Å². The molecular formula is C12H11NO5S. The number of carboxylic acid groups (broad SMARTS) is 2. The lowest BCUT2D eigenvalue weighted by Gasteiger charge is -2.33. The summed E-state index contributed by atoms with van der Waals surface area (Å²) in [5, 5.41) is 20.4. The Morgan fingerprint density at radius 3 is 2.32 bits per heavy atom. The van der Waals surface area contributed by atoms with Crippen molar-refractivity contribution >= 4 is 35.3 Å². The van der Waals surface area contributed by atoms with Gasteiger partial charge in [-0.3, -0.25) is 14.4 Å². The smallest absolute Gasteiger partial charge is 0.305 e. The lowest BCUT2D eigenvalue weighted by Crippen LogP contribution is -2.45. The largest absolute Gasteiger partial charge is 0.481 e. The van der Waals surface area contributed by atoms with Gasteiger partial charge in [-0.15, -0.1) is 11.8 Å². The van der Waals surface area contributed by atoms with Crippen molar-refractivity contribution in [3.05, 3.63) is 24.3 Å². The third kappa shape index (κ3) is 2.70. The minimum atomic E-state index is -1.51. The lowest BCUT2D eigenvalue weighted by atomic mass is 9.98. The fourth-order valence-corrected chi connectivity index (χ4v) is 3.27. The van der Waals surface area contributed by atoms with Gasteiger partial charge in [-0.1, -0.05) is 12.1 Å². The standard InChI is InChI=1S/C12H11NO5S/c14-9(15)5-12(6-10(16)17)11(18)13-7-3-1-2-4-8(7)19-12/h1-4H,5-6H2,(H,13,18)(H,14,15)(H,16,17). The normalized spacial score (nSPS) is 16.3. The first kappa shape index (κ1) is 13.4. The molecule has 0 spiro atoms. The van der Waals surface area contributed by atoms with Crippen LogP contribution < -0.4 is 5.32 Å². The van der Waals surface area contributed by atoms with Crippen molar-refractivity contribution in [1.29, 1.82) is 0 Å². The highest BCUT2D eigenvalue weighted by molar-refractivity contribution is 8.01. The number of anilines is 1. The highest BCUT2D eigenvalue weighted by Gasteiger charge is 2.46. The average Bonchev–Trinajstić information content (AvgIpc) is 2.28. The molecule has 0 saturated heterocycles. The molecule has 1 aromatic rings. The Labute approximate surface area is 112 Å². The maximum absolute atomic E-state index is 12.1. The van der Waals surface area contributed by atoms with E-state index in [2.05, 4.69) is 5.32 Å². The molecule has 2 rings (SSSR count). The molecule has 0 radical (unpaired) electrons. The van der Waals surface area contributed by atoms with E-state index in [9.17, 15) is 14.4 Å². The molecule has 0 fully saturated rings. The maximum Gasteiger partial charge on any atom is 0.305 e. The molecule has 0 aliphatic carbocycles. The van der Waals surface area contributed by atoms with Crippen LogP contribution in [-0.2, 0) is 14.4 Å². The minimum absolute atomic E-state index is 0.538. The molecule has 19 heavy (non-hydrogen) atoms. The number of benzene rings is 1. The molecule has 100 valence electrons. The second-order valence-electron chi connectivity index (χ2n) is 4.19. The van der Waals surface area contributed by atoms with Crippen molar-refractivity contribution in [1.82, 2.24) is 0 Å². The molecule has 7 heteroatoms. The molecular weight excluding hydrogens is 270 g/mol. The van der Waals surface area contributed by atoms with E-state index in [1.54, 1.807) is 24.3 Å². The van der Waals surface area contributed by atoms with Crippen LogP contribution in [0.3, 0.4) is 0 Å². The van der Waals surface area contributed by atoms with Crippen molar-refractivity contribution in [2.45, 2.75) is 22.5 Å². The minimum Gasteiger partial charge on any atom is -0.481 e. The quantitative estimate of drug-likeness (QED) is 0.771. The Bertz CT molecular complexity index is 541. The summed E-state index contributed by atoms with van der Waals surface area (Å²) < 4.78 is -1.51. The van der Waals surface area contributed by atoms with E-state index >= 15 is 0 Å². The molecule has 6 nitrogen and oxygen atoms in total. The summed E-state index contributed by atoms with van der Waals surface area (Å²) in [7, 11) is 0. The first-order chi connectivity index (χ1) is 8.93. The van der Waals surface area contributed by atoms with Crippen molar-refractivity contribution in [2.75, 3.05) is 5.32 Å². The Morgan fingerprint density at radius 1 is 1.16 bits per heavy atom. The van der Waals surface area contributed by atoms with Gasteiger partial charge in [-0.2, -0.15) is 0 Å². The molecule has 1 aliphatic rings.